The summed E-state index contributed by atoms with van der Waals surface area (Å²) in [4.78, 5) is 0. The molecule has 2 aliphatic rings. The average molecular weight is 236 g/mol. The van der Waals surface area contributed by atoms with E-state index in [4.69, 9.17) is 10.2 Å². The molecule has 4 nitrogen and oxygen atoms in total. The first kappa shape index (κ1) is 11.3. The molecule has 0 radical (unpaired) electrons. The number of nitrogens with two attached hydrogens (primary N) is 1. The van der Waals surface area contributed by atoms with Crippen LogP contribution in [-0.4, -0.2) is 22.8 Å². The Morgan fingerprint density at radius 1 is 1.47 bits per heavy atom. The van der Waals surface area contributed by atoms with Gasteiger partial charge in [-0.15, -0.1) is 0 Å². The summed E-state index contributed by atoms with van der Waals surface area (Å²) < 4.78 is 5.28. The average Bonchev–Trinajstić information content (AvgIpc) is 2.84. The van der Waals surface area contributed by atoms with Crippen LogP contribution in [0.25, 0.3) is 0 Å². The third-order valence-corrected chi connectivity index (χ3v) is 4.22. The Morgan fingerprint density at radius 3 is 2.65 bits per heavy atom. The third-order valence-electron chi connectivity index (χ3n) is 4.22. The minimum absolute atomic E-state index is 0.342. The third kappa shape index (κ3) is 1.90. The molecule has 4 N–H and O–H groups in total. The Hall–Kier alpha value is -0.840. The Labute approximate surface area is 101 Å². The molecule has 4 heteroatoms. The normalized spacial score (nSPS) is 38.3. The molecule has 3 heterocycles. The first-order chi connectivity index (χ1) is 8.07. The van der Waals surface area contributed by atoms with Gasteiger partial charge in [0.2, 0.25) is 0 Å². The minimum atomic E-state index is -0.784. The molecular formula is C13H20N2O2. The standard InChI is InChI=1S/C13H20N2O2/c1-8-4-9(7-17-8)12(14)13(16)5-10-2-3-11(6-13)15-10/h4,7,10-12,15-16H,2-3,5-6,14H2,1H3. The first-order valence-electron chi connectivity index (χ1n) is 6.36. The van der Waals surface area contributed by atoms with E-state index < -0.39 is 5.60 Å². The van der Waals surface area contributed by atoms with Crippen molar-refractivity contribution < 1.29 is 9.52 Å². The van der Waals surface area contributed by atoms with Gasteiger partial charge in [0.1, 0.15) is 5.76 Å². The Balaban J connectivity index is 1.83. The predicted molar refractivity (Wildman–Crippen MR) is 64.5 cm³/mol. The second-order valence-electron chi connectivity index (χ2n) is 5.62. The summed E-state index contributed by atoms with van der Waals surface area (Å²) in [5, 5.41) is 14.3. The first-order valence-corrected chi connectivity index (χ1v) is 6.36. The van der Waals surface area contributed by atoms with E-state index in [2.05, 4.69) is 5.32 Å². The predicted octanol–water partition coefficient (Wildman–Crippen LogP) is 1.23. The van der Waals surface area contributed by atoms with Crippen molar-refractivity contribution in [2.75, 3.05) is 0 Å². The van der Waals surface area contributed by atoms with E-state index in [-0.39, 0.29) is 6.04 Å². The largest absolute Gasteiger partial charge is 0.469 e. The van der Waals surface area contributed by atoms with Gasteiger partial charge < -0.3 is 20.6 Å². The smallest absolute Gasteiger partial charge is 0.101 e. The van der Waals surface area contributed by atoms with Crippen LogP contribution in [0.4, 0.5) is 0 Å². The summed E-state index contributed by atoms with van der Waals surface area (Å²) in [7, 11) is 0. The van der Waals surface area contributed by atoms with Crippen LogP contribution >= 0.6 is 0 Å². The van der Waals surface area contributed by atoms with Gasteiger partial charge in [0.25, 0.3) is 0 Å². The van der Waals surface area contributed by atoms with Crippen LogP contribution in [0.15, 0.2) is 16.7 Å². The molecule has 0 aromatic carbocycles. The zero-order valence-electron chi connectivity index (χ0n) is 10.1. The molecule has 0 aliphatic carbocycles. The number of hydrogen-bond donors (Lipinski definition) is 3. The molecule has 2 fully saturated rings. The number of furan rings is 1. The van der Waals surface area contributed by atoms with Crippen LogP contribution in [0, 0.1) is 6.92 Å². The van der Waals surface area contributed by atoms with Crippen molar-refractivity contribution in [3.8, 4) is 0 Å². The van der Waals surface area contributed by atoms with Crippen molar-refractivity contribution in [3.05, 3.63) is 23.7 Å². The fourth-order valence-corrected chi connectivity index (χ4v) is 3.35. The number of hydrogen-bond acceptors (Lipinski definition) is 4. The molecule has 94 valence electrons. The Bertz CT molecular complexity index is 403. The lowest BCUT2D eigenvalue weighted by Crippen LogP contribution is -2.53. The number of piperidine rings is 1. The van der Waals surface area contributed by atoms with Gasteiger partial charge in [-0.05, 0) is 38.7 Å². The molecular weight excluding hydrogens is 216 g/mol. The minimum Gasteiger partial charge on any atom is -0.469 e. The summed E-state index contributed by atoms with van der Waals surface area (Å²) >= 11 is 0. The fraction of sp³-hybridized carbons (Fsp3) is 0.692. The van der Waals surface area contributed by atoms with E-state index in [9.17, 15) is 5.11 Å². The van der Waals surface area contributed by atoms with Crippen LogP contribution in [0.3, 0.4) is 0 Å². The lowest BCUT2D eigenvalue weighted by molar-refractivity contribution is -0.0299. The second kappa shape index (κ2) is 3.83. The van der Waals surface area contributed by atoms with Crippen molar-refractivity contribution in [2.24, 2.45) is 5.73 Å². The molecule has 3 rings (SSSR count). The molecule has 1 aromatic heterocycles. The number of aryl methyl sites for hydroxylation is 1. The van der Waals surface area contributed by atoms with Gasteiger partial charge in [-0.3, -0.25) is 0 Å². The maximum Gasteiger partial charge on any atom is 0.101 e. The molecule has 2 bridgehead atoms. The number of rotatable bonds is 2. The van der Waals surface area contributed by atoms with Crippen molar-refractivity contribution in [2.45, 2.75) is 56.3 Å². The monoisotopic (exact) mass is 236 g/mol. The van der Waals surface area contributed by atoms with E-state index in [1.807, 2.05) is 13.0 Å². The Morgan fingerprint density at radius 2 is 2.12 bits per heavy atom. The molecule has 0 amide bonds. The zero-order valence-corrected chi connectivity index (χ0v) is 10.1. The van der Waals surface area contributed by atoms with Gasteiger partial charge in [0, 0.05) is 17.6 Å². The number of fused-ring (bicyclic) bond motifs is 2. The molecule has 0 saturated carbocycles. The van der Waals surface area contributed by atoms with Crippen LogP contribution in [0.2, 0.25) is 0 Å². The highest BCUT2D eigenvalue weighted by atomic mass is 16.3. The van der Waals surface area contributed by atoms with Gasteiger partial charge >= 0.3 is 0 Å². The molecule has 3 unspecified atom stereocenters. The van der Waals surface area contributed by atoms with Crippen molar-refractivity contribution in [1.29, 1.82) is 0 Å². The Kier molecular flexibility index (Phi) is 2.54. The summed E-state index contributed by atoms with van der Waals surface area (Å²) in [5.74, 6) is 0.843. The van der Waals surface area contributed by atoms with E-state index in [1.165, 1.54) is 0 Å². The lowest BCUT2D eigenvalue weighted by atomic mass is 9.79. The zero-order chi connectivity index (χ0) is 12.0. The number of aliphatic hydroxyl groups is 1. The van der Waals surface area contributed by atoms with Crippen LogP contribution in [0.5, 0.6) is 0 Å². The second-order valence-corrected chi connectivity index (χ2v) is 5.62. The summed E-state index contributed by atoms with van der Waals surface area (Å²) in [6, 6.07) is 2.44. The molecule has 17 heavy (non-hydrogen) atoms. The van der Waals surface area contributed by atoms with Crippen molar-refractivity contribution in [1.82, 2.24) is 5.32 Å². The van der Waals surface area contributed by atoms with E-state index in [0.29, 0.717) is 12.1 Å². The molecule has 0 spiro atoms. The molecule has 2 saturated heterocycles. The maximum absolute atomic E-state index is 10.8. The van der Waals surface area contributed by atoms with Crippen molar-refractivity contribution in [3.63, 3.8) is 0 Å². The van der Waals surface area contributed by atoms with Crippen molar-refractivity contribution >= 4 is 0 Å². The summed E-state index contributed by atoms with van der Waals surface area (Å²) in [6.45, 7) is 1.90. The van der Waals surface area contributed by atoms with E-state index in [1.54, 1.807) is 6.26 Å². The van der Waals surface area contributed by atoms with Gasteiger partial charge in [-0.2, -0.15) is 0 Å². The summed E-state index contributed by atoms with van der Waals surface area (Å²) in [6.07, 6.45) is 5.47. The SMILES string of the molecule is Cc1cc(C(N)C2(O)CC3CCC(C2)N3)co1. The molecule has 3 atom stereocenters. The molecule has 2 aliphatic heterocycles. The van der Waals surface area contributed by atoms with Crippen LogP contribution < -0.4 is 11.1 Å². The van der Waals surface area contributed by atoms with Gasteiger partial charge in [-0.25, -0.2) is 0 Å². The van der Waals surface area contributed by atoms with Gasteiger partial charge in [0.15, 0.2) is 0 Å². The quantitative estimate of drug-likeness (QED) is 0.722. The fourth-order valence-electron chi connectivity index (χ4n) is 3.35. The number of nitrogens with one attached hydrogen (secondary N) is 1. The van der Waals surface area contributed by atoms with Gasteiger partial charge in [-0.1, -0.05) is 0 Å². The highest BCUT2D eigenvalue weighted by Gasteiger charge is 2.46. The summed E-state index contributed by atoms with van der Waals surface area (Å²) in [5.41, 5.74) is 6.36. The van der Waals surface area contributed by atoms with Crippen LogP contribution in [0.1, 0.15) is 43.0 Å². The lowest BCUT2D eigenvalue weighted by Gasteiger charge is -2.40. The highest BCUT2D eigenvalue weighted by Crippen LogP contribution is 2.40. The topological polar surface area (TPSA) is 71.4 Å². The maximum atomic E-state index is 10.8. The molecule has 1 aromatic rings. The van der Waals surface area contributed by atoms with E-state index >= 15 is 0 Å². The van der Waals surface area contributed by atoms with Crippen LogP contribution in [-0.2, 0) is 0 Å². The van der Waals surface area contributed by atoms with Gasteiger partial charge in [0.05, 0.1) is 17.9 Å². The van der Waals surface area contributed by atoms with E-state index in [0.717, 1.165) is 37.0 Å². The highest BCUT2D eigenvalue weighted by molar-refractivity contribution is 5.21.